The van der Waals surface area contributed by atoms with Crippen molar-refractivity contribution in [1.29, 1.82) is 0 Å². The number of rotatable bonds is 5. The van der Waals surface area contributed by atoms with Crippen LogP contribution in [0.3, 0.4) is 0 Å². The quantitative estimate of drug-likeness (QED) is 0.902. The number of nitrogens with one attached hydrogen (secondary N) is 1. The molecule has 3 nitrogen and oxygen atoms in total. The van der Waals surface area contributed by atoms with Gasteiger partial charge in [0.2, 0.25) is 0 Å². The van der Waals surface area contributed by atoms with Gasteiger partial charge in [0.25, 0.3) is 0 Å². The van der Waals surface area contributed by atoms with Crippen molar-refractivity contribution < 1.29 is 0 Å². The van der Waals surface area contributed by atoms with E-state index in [0.717, 1.165) is 22.0 Å². The van der Waals surface area contributed by atoms with Crippen LogP contribution < -0.4 is 5.32 Å². The molecule has 0 saturated carbocycles. The van der Waals surface area contributed by atoms with Gasteiger partial charge < -0.3 is 5.32 Å². The highest BCUT2D eigenvalue weighted by atomic mass is 79.9. The number of aromatic nitrogens is 2. The van der Waals surface area contributed by atoms with Crippen molar-refractivity contribution in [3.63, 3.8) is 0 Å². The molecule has 0 aliphatic heterocycles. The van der Waals surface area contributed by atoms with Gasteiger partial charge in [0, 0.05) is 23.3 Å². The van der Waals surface area contributed by atoms with Crippen molar-refractivity contribution in [2.24, 2.45) is 0 Å². The average molecular weight is 323 g/mol. The van der Waals surface area contributed by atoms with Gasteiger partial charge in [-0.05, 0) is 22.9 Å². The van der Waals surface area contributed by atoms with Gasteiger partial charge >= 0.3 is 0 Å². The topological polar surface area (TPSA) is 29.9 Å². The van der Waals surface area contributed by atoms with Gasteiger partial charge in [-0.15, -0.1) is 0 Å². The van der Waals surface area contributed by atoms with Crippen LogP contribution in [0.1, 0.15) is 6.92 Å². The largest absolute Gasteiger partial charge is 0.308 e. The molecule has 1 aromatic heterocycles. The lowest BCUT2D eigenvalue weighted by Gasteiger charge is -2.12. The Morgan fingerprint density at radius 3 is 3.00 bits per heavy atom. The van der Waals surface area contributed by atoms with Crippen LogP contribution >= 0.6 is 31.9 Å². The van der Waals surface area contributed by atoms with Crippen LogP contribution in [0.4, 0.5) is 0 Å². The van der Waals surface area contributed by atoms with Gasteiger partial charge in [0.1, 0.15) is 0 Å². The third kappa shape index (κ3) is 4.39. The van der Waals surface area contributed by atoms with Gasteiger partial charge in [0.15, 0.2) is 0 Å². The Labute approximate surface area is 101 Å². The molecule has 0 aromatic carbocycles. The van der Waals surface area contributed by atoms with Gasteiger partial charge in [-0.3, -0.25) is 4.68 Å². The minimum atomic E-state index is 0.371. The molecule has 5 heteroatoms. The maximum Gasteiger partial charge on any atom is 0.0632 e. The molecular formula is C9H13Br2N3. The standard InChI is InChI=1S/C9H13Br2N3/c1-7(10)3-12-8(2)5-14-6-9(11)4-13-14/h4,6,8,12H,1,3,5H2,2H3. The normalized spacial score (nSPS) is 12.8. The van der Waals surface area contributed by atoms with E-state index in [1.165, 1.54) is 0 Å². The highest BCUT2D eigenvalue weighted by Crippen LogP contribution is 2.06. The Morgan fingerprint density at radius 2 is 2.50 bits per heavy atom. The Bertz CT molecular complexity index is 309. The molecule has 78 valence electrons. The molecule has 1 aromatic rings. The molecule has 1 rings (SSSR count). The molecule has 0 amide bonds. The first-order valence-electron chi connectivity index (χ1n) is 4.32. The van der Waals surface area contributed by atoms with Crippen LogP contribution in [-0.2, 0) is 6.54 Å². The molecule has 0 spiro atoms. The fourth-order valence-corrected chi connectivity index (χ4v) is 1.56. The van der Waals surface area contributed by atoms with E-state index in [4.69, 9.17) is 0 Å². The second-order valence-corrected chi connectivity index (χ2v) is 5.22. The fraction of sp³-hybridized carbons (Fsp3) is 0.444. The monoisotopic (exact) mass is 321 g/mol. The first kappa shape index (κ1) is 11.9. The summed E-state index contributed by atoms with van der Waals surface area (Å²) in [6.45, 7) is 7.51. The van der Waals surface area contributed by atoms with Crippen LogP contribution in [0, 0.1) is 0 Å². The Morgan fingerprint density at radius 1 is 1.79 bits per heavy atom. The zero-order valence-corrected chi connectivity index (χ0v) is 11.2. The van der Waals surface area contributed by atoms with Crippen molar-refractivity contribution in [1.82, 2.24) is 15.1 Å². The summed E-state index contributed by atoms with van der Waals surface area (Å²) >= 11 is 6.66. The molecule has 1 unspecified atom stereocenters. The summed E-state index contributed by atoms with van der Waals surface area (Å²) in [6, 6.07) is 0.371. The fourth-order valence-electron chi connectivity index (χ4n) is 1.07. The molecule has 0 aliphatic carbocycles. The van der Waals surface area contributed by atoms with Crippen LogP contribution in [0.15, 0.2) is 27.9 Å². The van der Waals surface area contributed by atoms with E-state index >= 15 is 0 Å². The lowest BCUT2D eigenvalue weighted by molar-refractivity contribution is 0.468. The van der Waals surface area contributed by atoms with E-state index in [2.05, 4.69) is 55.8 Å². The summed E-state index contributed by atoms with van der Waals surface area (Å²) in [7, 11) is 0. The molecule has 0 bridgehead atoms. The number of hydrogen-bond acceptors (Lipinski definition) is 2. The summed E-state index contributed by atoms with van der Waals surface area (Å²) in [5.41, 5.74) is 0. The first-order chi connectivity index (χ1) is 6.58. The zero-order chi connectivity index (χ0) is 10.6. The summed E-state index contributed by atoms with van der Waals surface area (Å²) in [4.78, 5) is 0. The summed E-state index contributed by atoms with van der Waals surface area (Å²) < 4.78 is 3.87. The van der Waals surface area contributed by atoms with Crippen LogP contribution in [0.5, 0.6) is 0 Å². The minimum Gasteiger partial charge on any atom is -0.308 e. The van der Waals surface area contributed by atoms with E-state index in [1.54, 1.807) is 6.20 Å². The van der Waals surface area contributed by atoms with Gasteiger partial charge in [-0.1, -0.05) is 22.5 Å². The number of nitrogens with zero attached hydrogens (tertiary/aromatic N) is 2. The summed E-state index contributed by atoms with van der Waals surface area (Å²) in [5, 5.41) is 7.50. The van der Waals surface area contributed by atoms with Crippen LogP contribution in [-0.4, -0.2) is 22.4 Å². The SMILES string of the molecule is C=C(Br)CNC(C)Cn1cc(Br)cn1. The molecule has 0 aliphatic rings. The second kappa shape index (κ2) is 5.68. The van der Waals surface area contributed by atoms with E-state index < -0.39 is 0 Å². The zero-order valence-electron chi connectivity index (χ0n) is 8.00. The van der Waals surface area contributed by atoms with Crippen molar-refractivity contribution in [2.75, 3.05) is 6.54 Å². The molecule has 1 N–H and O–H groups in total. The third-order valence-corrected chi connectivity index (χ3v) is 2.39. The molecule has 14 heavy (non-hydrogen) atoms. The molecule has 1 heterocycles. The maximum atomic E-state index is 4.18. The predicted octanol–water partition coefficient (Wildman–Crippen LogP) is 2.53. The predicted molar refractivity (Wildman–Crippen MR) is 65.5 cm³/mol. The van der Waals surface area contributed by atoms with Gasteiger partial charge in [0.05, 0.1) is 17.2 Å². The van der Waals surface area contributed by atoms with Crippen molar-refractivity contribution >= 4 is 31.9 Å². The molecular weight excluding hydrogens is 310 g/mol. The first-order valence-corrected chi connectivity index (χ1v) is 5.91. The van der Waals surface area contributed by atoms with Gasteiger partial charge in [-0.2, -0.15) is 5.10 Å². The smallest absolute Gasteiger partial charge is 0.0632 e. The number of halogens is 2. The highest BCUT2D eigenvalue weighted by Gasteiger charge is 2.03. The Balaban J connectivity index is 2.33. The minimum absolute atomic E-state index is 0.371. The van der Waals surface area contributed by atoms with Crippen LogP contribution in [0.2, 0.25) is 0 Å². The highest BCUT2D eigenvalue weighted by molar-refractivity contribution is 9.11. The van der Waals surface area contributed by atoms with E-state index in [9.17, 15) is 0 Å². The van der Waals surface area contributed by atoms with Crippen molar-refractivity contribution in [2.45, 2.75) is 19.5 Å². The van der Waals surface area contributed by atoms with Crippen molar-refractivity contribution in [3.05, 3.63) is 27.9 Å². The van der Waals surface area contributed by atoms with Crippen molar-refractivity contribution in [3.8, 4) is 0 Å². The summed E-state index contributed by atoms with van der Waals surface area (Å²) in [5.74, 6) is 0. The molecule has 0 fully saturated rings. The number of hydrogen-bond donors (Lipinski definition) is 1. The molecule has 0 radical (unpaired) electrons. The third-order valence-electron chi connectivity index (χ3n) is 1.70. The van der Waals surface area contributed by atoms with E-state index in [1.807, 2.05) is 10.9 Å². The average Bonchev–Trinajstić information content (AvgIpc) is 2.48. The summed E-state index contributed by atoms with van der Waals surface area (Å²) in [6.07, 6.45) is 3.75. The maximum absolute atomic E-state index is 4.18. The van der Waals surface area contributed by atoms with Gasteiger partial charge in [-0.25, -0.2) is 0 Å². The molecule has 1 atom stereocenters. The lowest BCUT2D eigenvalue weighted by atomic mass is 10.3. The van der Waals surface area contributed by atoms with E-state index in [-0.39, 0.29) is 0 Å². The van der Waals surface area contributed by atoms with E-state index in [0.29, 0.717) is 6.04 Å². The Kier molecular flexibility index (Phi) is 4.84. The molecule has 0 saturated heterocycles. The van der Waals surface area contributed by atoms with Crippen LogP contribution in [0.25, 0.3) is 0 Å². The Hall–Kier alpha value is -0.130. The lowest BCUT2D eigenvalue weighted by Crippen LogP contribution is -2.31. The second-order valence-electron chi connectivity index (χ2n) is 3.18.